The highest BCUT2D eigenvalue weighted by atomic mass is 36.0. The number of nitrogens with zero attached hydrogens (tertiary/aromatic N) is 3. The minimum absolute atomic E-state index is 0. The third kappa shape index (κ3) is 8.22. The van der Waals surface area contributed by atoms with Crippen LogP contribution < -0.4 is 21.5 Å². The van der Waals surface area contributed by atoms with Crippen molar-refractivity contribution in [2.24, 2.45) is 0 Å². The van der Waals surface area contributed by atoms with Gasteiger partial charge in [-0.2, -0.15) is 0 Å². The second-order valence-electron chi connectivity index (χ2n) is 10.6. The van der Waals surface area contributed by atoms with Gasteiger partial charge in [0.25, 0.3) is 5.56 Å². The van der Waals surface area contributed by atoms with Crippen LogP contribution in [-0.2, 0) is 24.0 Å². The second kappa shape index (κ2) is 14.6. The van der Waals surface area contributed by atoms with Crippen molar-refractivity contribution in [3.05, 3.63) is 126 Å². The van der Waals surface area contributed by atoms with Crippen LogP contribution >= 0.6 is 62.1 Å². The quantitative estimate of drug-likeness (QED) is 0.0912. The van der Waals surface area contributed by atoms with E-state index in [0.29, 0.717) is 41.8 Å². The molecule has 7 rings (SSSR count). The van der Waals surface area contributed by atoms with Gasteiger partial charge in [0, 0.05) is 179 Å². The van der Waals surface area contributed by atoms with Gasteiger partial charge in [-0.25, -0.2) is 23.5 Å². The molecule has 9 nitrogen and oxygen atoms in total. The lowest BCUT2D eigenvalue weighted by atomic mass is 10.0. The van der Waals surface area contributed by atoms with Crippen molar-refractivity contribution >= 4 is 73.5 Å². The molecule has 2 heterocycles. The molecule has 48 heavy (non-hydrogen) atoms. The van der Waals surface area contributed by atoms with Gasteiger partial charge in [-0.3, -0.25) is 14.3 Å². The summed E-state index contributed by atoms with van der Waals surface area (Å²) in [6.07, 6.45) is 0.974. The first-order valence-corrected chi connectivity index (χ1v) is 19.2. The molecule has 5 aromatic rings. The van der Waals surface area contributed by atoms with Crippen molar-refractivity contribution in [1.29, 1.82) is 0 Å². The van der Waals surface area contributed by atoms with Crippen LogP contribution in [0.2, 0.25) is 10.4 Å². The van der Waals surface area contributed by atoms with Crippen LogP contribution in [0.15, 0.2) is 64.2 Å². The first kappa shape index (κ1) is 10.5. The Morgan fingerprint density at radius 3 is 2.21 bits per heavy atom. The third-order valence-corrected chi connectivity index (χ3v) is 7.96. The van der Waals surface area contributed by atoms with Gasteiger partial charge in [0.2, 0.25) is 5.28 Å². The van der Waals surface area contributed by atoms with E-state index in [-0.39, 0.29) is 17.7 Å². The van der Waals surface area contributed by atoms with Gasteiger partial charge in [-0.1, -0.05) is 41.9 Å². The Balaban J connectivity index is -0.0000000204. The van der Waals surface area contributed by atoms with E-state index in [2.05, 4.69) is 59.0 Å². The molecular formula is C31H108Cl5F2N6O3P. The molecule has 0 saturated carbocycles. The fourth-order valence-electron chi connectivity index (χ4n) is 5.73. The van der Waals surface area contributed by atoms with Crippen molar-refractivity contribution in [1.82, 2.24) is 19.9 Å². The van der Waals surface area contributed by atoms with Crippen molar-refractivity contribution in [2.45, 2.75) is 19.4 Å². The molecule has 0 amide bonds. The predicted molar refractivity (Wildman–Crippen MR) is 278 cm³/mol. The summed E-state index contributed by atoms with van der Waals surface area (Å²) >= 11 is 25.7. The standard InChI is InChI=1S/C19H16FN3O2.C12H8Cl2FN3.Cl3OP.42H2/c1-23(10-11-5-3-2-4-6-11)16-8-12(20)7-14-13(16)9-15-17(14)18(24)22-19(25)21-15;1-16-8-3-5(15)2-7-6(8)4-9-10(7)11(13)18-12(14)17-9;1-5(2,3)4;;;;;;;;;;;;;;;;;;;;;;;;;;;;;;;;;;;;;;;;;;/h2-8H,9-10H2,1H3,(H2,21,22,24,25);2-3,16H,4H2,1H3;;42*1H/i;;;41*1+1D;1+1. The van der Waals surface area contributed by atoms with Gasteiger partial charge in [-0.15, -0.1) is 0 Å². The molecule has 0 fully saturated rings. The van der Waals surface area contributed by atoms with E-state index in [1.54, 1.807) is 7.05 Å². The van der Waals surface area contributed by atoms with Crippen molar-refractivity contribution < 1.29 is 137 Å². The fraction of sp³-hybridized carbons (Fsp3) is 0.161. The number of halogens is 7. The van der Waals surface area contributed by atoms with Gasteiger partial charge >= 0.3 is 10.9 Å². The lowest BCUT2D eigenvalue weighted by molar-refractivity contribution is 0.600. The van der Waals surface area contributed by atoms with E-state index >= 15 is 0 Å². The number of aromatic amines is 2. The topological polar surface area (TPSA) is 124 Å². The number of hydrogen-bond donors (Lipinski definition) is 3. The van der Waals surface area contributed by atoms with Crippen LogP contribution in [0.4, 0.5) is 20.2 Å². The molecule has 334 valence electrons. The average Bonchev–Trinajstić information content (AvgIpc) is 1.61. The lowest BCUT2D eigenvalue weighted by Gasteiger charge is -2.22. The maximum absolute atomic E-state index is 14.2. The average molecular weight is 943 g/mol. The molecule has 3 aromatic carbocycles. The summed E-state index contributed by atoms with van der Waals surface area (Å²) in [6.45, 7) is 0.611. The van der Waals surface area contributed by atoms with Crippen LogP contribution in [0, 0.1) is 11.6 Å². The summed E-state index contributed by atoms with van der Waals surface area (Å²) in [5.74, 6) is -0.732. The zero-order valence-corrected chi connectivity index (χ0v) is 29.7. The van der Waals surface area contributed by atoms with Crippen LogP contribution in [0.25, 0.3) is 22.3 Å². The predicted octanol–water partition coefficient (Wildman–Crippen LogP) is 19.1. The maximum atomic E-state index is 14.2. The SMILES string of the molecule is CN(Cc1ccccc1)c1cc(F)cc2c1Cc1[nH]c(=O)[nH]c(=O)c1-2.CNc1cc(F)cc2c1Cc1nc(Cl)nc(Cl)c1-2.O=P(Cl)(Cl)Cl.[2HH].[2H][2H].[2H][2H].[2H][2H].[2H][2H].[2H][2H].[2H][2H].[2H][2H].[2H][2H].[2H][2H].[2H][2H].[2H][2H].[2H][2H].[2H][2H].[2H][2H].[2H][2H].[2H][2H].[2H][2H].[2H][2H].[2H][2H].[2H][2H].[2H][2H].[2H][2H].[2H][2H].[2H][2H].[2H][2H].[2H][2H].[2H][2H].[2H][2H].[2H][2H].[2H][2H].[2H][2H].[2H][2H].[2H][2H].[2H][2H].[2H][2H].[2H][2H].[2H][2H].[2H][2H].[2H][2H].[2H][2H].[2H][2H]. The van der Waals surface area contributed by atoms with E-state index in [1.165, 1.54) is 24.3 Å². The Kier molecular flexibility index (Phi) is 3.20. The Morgan fingerprint density at radius 1 is 0.938 bits per heavy atom. The molecule has 0 radical (unpaired) electrons. The Labute approximate surface area is 425 Å². The molecular weight excluding hydrogens is 751 g/mol. The van der Waals surface area contributed by atoms with Crippen LogP contribution in [0.3, 0.4) is 0 Å². The molecule has 0 spiro atoms. The Bertz CT molecular complexity index is 2310. The number of hydrogen-bond acceptors (Lipinski definition) is 7. The Morgan fingerprint density at radius 2 is 1.56 bits per heavy atom. The maximum Gasteiger partial charge on any atom is 0.339 e. The van der Waals surface area contributed by atoms with Gasteiger partial charge in [-0.05, 0) is 97.4 Å². The minimum Gasteiger partial charge on any atom is -0.388 e. The van der Waals surface area contributed by atoms with Crippen molar-refractivity contribution in [2.75, 3.05) is 24.3 Å². The number of rotatable bonds is 4. The molecule has 0 aliphatic heterocycles. The fourth-order valence-corrected chi connectivity index (χ4v) is 6.25. The molecule has 0 unspecified atom stereocenters. The summed E-state index contributed by atoms with van der Waals surface area (Å²) in [5, 5.41) is 0.120. The summed E-state index contributed by atoms with van der Waals surface area (Å²) in [7, 11) is 3.64. The van der Waals surface area contributed by atoms with Gasteiger partial charge in [0.05, 0.1) is 11.3 Å². The summed E-state index contributed by atoms with van der Waals surface area (Å²) in [5.41, 5.74) is 6.90. The third-order valence-electron chi connectivity index (χ3n) is 7.52. The molecule has 17 heteroatoms. The van der Waals surface area contributed by atoms with Crippen LogP contribution in [0.5, 0.6) is 0 Å². The highest BCUT2D eigenvalue weighted by Crippen LogP contribution is 2.61. The number of benzene rings is 3. The normalized spacial score (nSPS) is 18.9. The first-order valence-electron chi connectivity index (χ1n) is 55.0. The molecule has 2 aromatic heterocycles. The zero-order chi connectivity index (χ0) is 117. The van der Waals surface area contributed by atoms with Gasteiger partial charge < -0.3 is 15.2 Å². The van der Waals surface area contributed by atoms with E-state index in [4.69, 9.17) is 145 Å². The monoisotopic (exact) mass is 940 g/mol. The molecule has 3 N–H and O–H groups in total. The number of aromatic nitrogens is 4. The number of nitrogens with one attached hydrogen (secondary N) is 3. The second-order valence-corrected chi connectivity index (χ2v) is 18.0. The van der Waals surface area contributed by atoms with Crippen LogP contribution in [-0.4, -0.2) is 34.0 Å². The largest absolute Gasteiger partial charge is 0.388 e. The first-order chi connectivity index (χ1) is 63.6. The van der Waals surface area contributed by atoms with Crippen molar-refractivity contribution in [3.63, 3.8) is 0 Å². The Hall–Kier alpha value is -3.44. The minimum atomic E-state index is -3.22. The van der Waals surface area contributed by atoms with Gasteiger partial charge in [0.15, 0.2) is 0 Å². The zero-order valence-electron chi connectivity index (χ0n) is 107. The summed E-state index contributed by atoms with van der Waals surface area (Å²) in [6, 6.07) is 15.6. The number of anilines is 2. The smallest absolute Gasteiger partial charge is 0.339 e. The van der Waals surface area contributed by atoms with Gasteiger partial charge in [0.1, 0.15) is 16.8 Å². The molecule has 2 aliphatic carbocycles. The lowest BCUT2D eigenvalue weighted by Crippen LogP contribution is -2.24. The highest BCUT2D eigenvalue weighted by molar-refractivity contribution is 8.24. The van der Waals surface area contributed by atoms with E-state index in [1.807, 2.05) is 42.3 Å². The molecule has 0 saturated heterocycles. The molecule has 2 aliphatic rings. The summed E-state index contributed by atoms with van der Waals surface area (Å²) < 4.78 is 447. The molecule has 0 atom stereocenters. The summed E-state index contributed by atoms with van der Waals surface area (Å²) in [4.78, 5) is 38.6. The van der Waals surface area contributed by atoms with E-state index in [9.17, 15) is 22.9 Å². The number of fused-ring (bicyclic) bond motifs is 6. The number of H-pyrrole nitrogens is 2. The van der Waals surface area contributed by atoms with Crippen LogP contribution in [0.1, 0.15) is 151 Å². The van der Waals surface area contributed by atoms with Crippen molar-refractivity contribution in [3.8, 4) is 22.3 Å². The van der Waals surface area contributed by atoms with E-state index < -0.39 is 22.3 Å². The molecule has 0 bridgehead atoms. The van der Waals surface area contributed by atoms with E-state index in [0.717, 1.165) is 39.3 Å². The highest BCUT2D eigenvalue weighted by Gasteiger charge is 2.28.